The molecule has 0 amide bonds. The van der Waals surface area contributed by atoms with E-state index in [1.54, 1.807) is 18.3 Å². The van der Waals surface area contributed by atoms with E-state index in [1.165, 1.54) is 12.8 Å². The van der Waals surface area contributed by atoms with Crippen molar-refractivity contribution >= 4 is 22.3 Å². The van der Waals surface area contributed by atoms with Gasteiger partial charge in [0.2, 0.25) is 0 Å². The van der Waals surface area contributed by atoms with Crippen LogP contribution >= 0.6 is 11.3 Å². The SMILES string of the molecule is CC(=O)c1csc(N2CCCC2C)n1. The van der Waals surface area contributed by atoms with Gasteiger partial charge in [0.15, 0.2) is 10.9 Å². The molecule has 1 saturated heterocycles. The Balaban J connectivity index is 2.20. The van der Waals surface area contributed by atoms with Crippen molar-refractivity contribution in [2.45, 2.75) is 32.7 Å². The summed E-state index contributed by atoms with van der Waals surface area (Å²) in [5, 5.41) is 2.85. The zero-order valence-corrected chi connectivity index (χ0v) is 9.30. The summed E-state index contributed by atoms with van der Waals surface area (Å²) in [7, 11) is 0. The van der Waals surface area contributed by atoms with E-state index in [4.69, 9.17) is 0 Å². The summed E-state index contributed by atoms with van der Waals surface area (Å²) in [6.07, 6.45) is 2.46. The second kappa shape index (κ2) is 3.69. The van der Waals surface area contributed by atoms with Crippen molar-refractivity contribution in [3.05, 3.63) is 11.1 Å². The highest BCUT2D eigenvalue weighted by molar-refractivity contribution is 7.13. The number of thiazole rings is 1. The van der Waals surface area contributed by atoms with E-state index in [2.05, 4.69) is 16.8 Å². The van der Waals surface area contributed by atoms with Crippen molar-refractivity contribution in [2.24, 2.45) is 0 Å². The molecule has 0 N–H and O–H groups in total. The minimum absolute atomic E-state index is 0.0550. The first-order valence-electron chi connectivity index (χ1n) is 4.91. The Morgan fingerprint density at radius 2 is 2.50 bits per heavy atom. The first-order chi connectivity index (χ1) is 6.68. The molecule has 1 aromatic rings. The smallest absolute Gasteiger partial charge is 0.186 e. The minimum atomic E-state index is 0.0550. The van der Waals surface area contributed by atoms with Gasteiger partial charge in [0.1, 0.15) is 5.69 Å². The molecule has 0 saturated carbocycles. The van der Waals surface area contributed by atoms with E-state index in [9.17, 15) is 4.79 Å². The molecule has 0 aromatic carbocycles. The third-order valence-corrected chi connectivity index (χ3v) is 3.53. The Morgan fingerprint density at radius 3 is 3.00 bits per heavy atom. The molecular formula is C10H14N2OS. The van der Waals surface area contributed by atoms with Crippen LogP contribution in [0.5, 0.6) is 0 Å². The highest BCUT2D eigenvalue weighted by atomic mass is 32.1. The van der Waals surface area contributed by atoms with Gasteiger partial charge in [0, 0.05) is 24.9 Å². The van der Waals surface area contributed by atoms with Crippen LogP contribution in [0.1, 0.15) is 37.2 Å². The number of Topliss-reactive ketones (excluding diaryl/α,β-unsaturated/α-hetero) is 1. The molecule has 1 fully saturated rings. The second-order valence-corrected chi connectivity index (χ2v) is 4.59. The number of anilines is 1. The van der Waals surface area contributed by atoms with Crippen LogP contribution in [0.15, 0.2) is 5.38 Å². The molecule has 0 aliphatic carbocycles. The highest BCUT2D eigenvalue weighted by Crippen LogP contribution is 2.28. The van der Waals surface area contributed by atoms with Gasteiger partial charge in [-0.1, -0.05) is 0 Å². The predicted octanol–water partition coefficient (Wildman–Crippen LogP) is 2.33. The lowest BCUT2D eigenvalue weighted by molar-refractivity contribution is 0.101. The molecular weight excluding hydrogens is 196 g/mol. The summed E-state index contributed by atoms with van der Waals surface area (Å²) in [5.41, 5.74) is 0.601. The summed E-state index contributed by atoms with van der Waals surface area (Å²) < 4.78 is 0. The summed E-state index contributed by atoms with van der Waals surface area (Å²) in [5.74, 6) is 0.0550. The summed E-state index contributed by atoms with van der Waals surface area (Å²) >= 11 is 1.57. The lowest BCUT2D eigenvalue weighted by atomic mass is 10.2. The van der Waals surface area contributed by atoms with Crippen molar-refractivity contribution in [1.82, 2.24) is 4.98 Å². The Kier molecular flexibility index (Phi) is 2.54. The molecule has 1 aliphatic heterocycles. The quantitative estimate of drug-likeness (QED) is 0.702. The third-order valence-electron chi connectivity index (χ3n) is 2.65. The van der Waals surface area contributed by atoms with E-state index in [0.29, 0.717) is 11.7 Å². The molecule has 1 aromatic heterocycles. The van der Waals surface area contributed by atoms with Gasteiger partial charge in [0.25, 0.3) is 0 Å². The van der Waals surface area contributed by atoms with Crippen molar-refractivity contribution in [3.8, 4) is 0 Å². The van der Waals surface area contributed by atoms with Gasteiger partial charge in [0.05, 0.1) is 0 Å². The molecule has 2 heterocycles. The van der Waals surface area contributed by atoms with Crippen molar-refractivity contribution in [2.75, 3.05) is 11.4 Å². The fourth-order valence-corrected chi connectivity index (χ4v) is 2.77. The minimum Gasteiger partial charge on any atom is -0.345 e. The molecule has 1 aliphatic rings. The monoisotopic (exact) mass is 210 g/mol. The van der Waals surface area contributed by atoms with E-state index in [1.807, 2.05) is 5.38 Å². The molecule has 14 heavy (non-hydrogen) atoms. The van der Waals surface area contributed by atoms with Gasteiger partial charge < -0.3 is 4.90 Å². The van der Waals surface area contributed by atoms with Crippen LogP contribution in [0.25, 0.3) is 0 Å². The molecule has 4 heteroatoms. The van der Waals surface area contributed by atoms with Crippen LogP contribution in [-0.2, 0) is 0 Å². The third kappa shape index (κ3) is 1.66. The van der Waals surface area contributed by atoms with Gasteiger partial charge in [-0.15, -0.1) is 11.3 Å². The van der Waals surface area contributed by atoms with Gasteiger partial charge >= 0.3 is 0 Å². The van der Waals surface area contributed by atoms with Crippen LogP contribution in [-0.4, -0.2) is 23.4 Å². The second-order valence-electron chi connectivity index (χ2n) is 3.76. The molecule has 0 bridgehead atoms. The fourth-order valence-electron chi connectivity index (χ4n) is 1.78. The topological polar surface area (TPSA) is 33.2 Å². The molecule has 1 atom stereocenters. The zero-order valence-electron chi connectivity index (χ0n) is 8.49. The van der Waals surface area contributed by atoms with Crippen LogP contribution in [0, 0.1) is 0 Å². The van der Waals surface area contributed by atoms with Gasteiger partial charge in [-0.05, 0) is 19.8 Å². The summed E-state index contributed by atoms with van der Waals surface area (Å²) in [6.45, 7) is 4.85. The Hall–Kier alpha value is -0.900. The summed E-state index contributed by atoms with van der Waals surface area (Å²) in [6, 6.07) is 0.570. The average Bonchev–Trinajstić information content (AvgIpc) is 2.71. The average molecular weight is 210 g/mol. The molecule has 0 spiro atoms. The number of nitrogens with zero attached hydrogens (tertiary/aromatic N) is 2. The number of aromatic nitrogens is 1. The number of ketones is 1. The number of carbonyl (C=O) groups is 1. The number of rotatable bonds is 2. The van der Waals surface area contributed by atoms with Crippen molar-refractivity contribution < 1.29 is 4.79 Å². The Bertz CT molecular complexity index is 348. The first kappa shape index (κ1) is 9.65. The molecule has 76 valence electrons. The van der Waals surface area contributed by atoms with Crippen LogP contribution in [0.2, 0.25) is 0 Å². The highest BCUT2D eigenvalue weighted by Gasteiger charge is 2.23. The van der Waals surface area contributed by atoms with E-state index in [-0.39, 0.29) is 5.78 Å². The maximum absolute atomic E-state index is 11.1. The number of carbonyl (C=O) groups excluding carboxylic acids is 1. The largest absolute Gasteiger partial charge is 0.345 e. The number of hydrogen-bond acceptors (Lipinski definition) is 4. The predicted molar refractivity (Wildman–Crippen MR) is 58.2 cm³/mol. The van der Waals surface area contributed by atoms with Crippen molar-refractivity contribution in [1.29, 1.82) is 0 Å². The van der Waals surface area contributed by atoms with E-state index >= 15 is 0 Å². The number of hydrogen-bond donors (Lipinski definition) is 0. The standard InChI is InChI=1S/C10H14N2OS/c1-7-4-3-5-12(7)10-11-9(6-14-10)8(2)13/h6-7H,3-5H2,1-2H3. The van der Waals surface area contributed by atoms with Gasteiger partial charge in [-0.3, -0.25) is 4.79 Å². The summed E-state index contributed by atoms with van der Waals surface area (Å²) in [4.78, 5) is 17.7. The Morgan fingerprint density at radius 1 is 1.71 bits per heavy atom. The normalized spacial score (nSPS) is 21.6. The van der Waals surface area contributed by atoms with Crippen LogP contribution < -0.4 is 4.90 Å². The van der Waals surface area contributed by atoms with Gasteiger partial charge in [-0.25, -0.2) is 4.98 Å². The molecule has 3 nitrogen and oxygen atoms in total. The lowest BCUT2D eigenvalue weighted by Crippen LogP contribution is -2.26. The first-order valence-corrected chi connectivity index (χ1v) is 5.79. The fraction of sp³-hybridized carbons (Fsp3) is 0.600. The van der Waals surface area contributed by atoms with E-state index < -0.39 is 0 Å². The van der Waals surface area contributed by atoms with Crippen LogP contribution in [0.3, 0.4) is 0 Å². The Labute approximate surface area is 87.8 Å². The van der Waals surface area contributed by atoms with Gasteiger partial charge in [-0.2, -0.15) is 0 Å². The zero-order chi connectivity index (χ0) is 10.1. The molecule has 2 rings (SSSR count). The van der Waals surface area contributed by atoms with Crippen molar-refractivity contribution in [3.63, 3.8) is 0 Å². The van der Waals surface area contributed by atoms with E-state index in [0.717, 1.165) is 11.7 Å². The maximum Gasteiger partial charge on any atom is 0.186 e. The molecule has 1 unspecified atom stereocenters. The maximum atomic E-state index is 11.1. The van der Waals surface area contributed by atoms with Crippen LogP contribution in [0.4, 0.5) is 5.13 Å². The lowest BCUT2D eigenvalue weighted by Gasteiger charge is -2.19. The molecule has 0 radical (unpaired) electrons.